The Bertz CT molecular complexity index is 1990. The van der Waals surface area contributed by atoms with E-state index in [1.54, 1.807) is 55.2 Å². The molecule has 0 spiro atoms. The molecule has 9 heteroatoms. The maximum atomic E-state index is 14.3. The minimum absolute atomic E-state index is 0.0747. The van der Waals surface area contributed by atoms with E-state index in [-0.39, 0.29) is 24.5 Å². The number of phenolic OH excluding ortho intramolecular Hbond substituents is 1. The summed E-state index contributed by atoms with van der Waals surface area (Å²) in [6.07, 6.45) is 0. The standard InChI is InChI=1S/C34H30N4O5/c1-42-28-16-8-24(9-17-28)21-37-32-30(33(40)38(34(37)41)22-25-10-18-29(43-2)19-11-25)36(20-23-6-4-3-5-7-23)31(35-32)26-12-14-27(39)15-13-26/h3-19,39H,20-22H2,1-2H3. The molecule has 6 rings (SSSR count). The minimum Gasteiger partial charge on any atom is -0.508 e. The maximum absolute atomic E-state index is 14.3. The molecule has 0 aliphatic heterocycles. The van der Waals surface area contributed by atoms with Crippen molar-refractivity contribution >= 4 is 11.2 Å². The molecule has 4 aromatic carbocycles. The zero-order chi connectivity index (χ0) is 29.9. The number of nitrogens with zero attached hydrogens (tertiary/aromatic N) is 4. The fraction of sp³-hybridized carbons (Fsp3) is 0.147. The van der Waals surface area contributed by atoms with Crippen molar-refractivity contribution < 1.29 is 14.6 Å². The summed E-state index contributed by atoms with van der Waals surface area (Å²) in [6.45, 7) is 0.622. The van der Waals surface area contributed by atoms with Crippen LogP contribution in [0.3, 0.4) is 0 Å². The highest BCUT2D eigenvalue weighted by Gasteiger charge is 2.23. The number of fused-ring (bicyclic) bond motifs is 1. The quantitative estimate of drug-likeness (QED) is 0.264. The molecule has 0 saturated carbocycles. The molecule has 0 aliphatic carbocycles. The number of aromatic hydroxyl groups is 1. The van der Waals surface area contributed by atoms with Crippen LogP contribution >= 0.6 is 0 Å². The molecule has 0 fully saturated rings. The Morgan fingerprint density at radius 2 is 1.14 bits per heavy atom. The number of methoxy groups -OCH3 is 2. The minimum atomic E-state index is -0.467. The summed E-state index contributed by atoms with van der Waals surface area (Å²) in [7, 11) is 3.19. The van der Waals surface area contributed by atoms with Crippen LogP contribution in [0.2, 0.25) is 0 Å². The second kappa shape index (κ2) is 11.7. The van der Waals surface area contributed by atoms with Crippen LogP contribution < -0.4 is 20.7 Å². The predicted octanol–water partition coefficient (Wildman–Crippen LogP) is 4.89. The highest BCUT2D eigenvalue weighted by molar-refractivity contribution is 5.77. The lowest BCUT2D eigenvalue weighted by Gasteiger charge is -2.14. The van der Waals surface area contributed by atoms with Crippen LogP contribution in [-0.4, -0.2) is 38.0 Å². The van der Waals surface area contributed by atoms with Gasteiger partial charge < -0.3 is 19.1 Å². The van der Waals surface area contributed by atoms with E-state index in [0.717, 1.165) is 16.7 Å². The van der Waals surface area contributed by atoms with Gasteiger partial charge in [0.05, 0.1) is 27.3 Å². The van der Waals surface area contributed by atoms with Gasteiger partial charge in [-0.1, -0.05) is 54.6 Å². The van der Waals surface area contributed by atoms with Crippen molar-refractivity contribution in [3.8, 4) is 28.6 Å². The van der Waals surface area contributed by atoms with Crippen molar-refractivity contribution in [3.63, 3.8) is 0 Å². The fourth-order valence-electron chi connectivity index (χ4n) is 5.15. The molecule has 6 aromatic rings. The van der Waals surface area contributed by atoms with Gasteiger partial charge in [-0.15, -0.1) is 0 Å². The summed E-state index contributed by atoms with van der Waals surface area (Å²) in [6, 6.07) is 31.2. The SMILES string of the molecule is COc1ccc(Cn2c(=O)c3c(nc(-c4ccc(O)cc4)n3Cc3ccccc3)n(Cc3ccc(OC)cc3)c2=O)cc1. The molecule has 0 aliphatic rings. The van der Waals surface area contributed by atoms with Gasteiger partial charge in [0.25, 0.3) is 5.56 Å². The summed E-state index contributed by atoms with van der Waals surface area (Å²) < 4.78 is 15.3. The van der Waals surface area contributed by atoms with E-state index in [1.807, 2.05) is 71.3 Å². The summed E-state index contributed by atoms with van der Waals surface area (Å²) in [5, 5.41) is 9.94. The van der Waals surface area contributed by atoms with Gasteiger partial charge in [0.2, 0.25) is 0 Å². The fourth-order valence-corrected chi connectivity index (χ4v) is 5.15. The maximum Gasteiger partial charge on any atom is 0.333 e. The van der Waals surface area contributed by atoms with E-state index in [2.05, 4.69) is 0 Å². The van der Waals surface area contributed by atoms with Crippen molar-refractivity contribution in [1.29, 1.82) is 0 Å². The molecule has 2 aromatic heterocycles. The number of hydrogen-bond donors (Lipinski definition) is 1. The van der Waals surface area contributed by atoms with Crippen LogP contribution in [0.1, 0.15) is 16.7 Å². The van der Waals surface area contributed by atoms with Crippen molar-refractivity contribution in [2.75, 3.05) is 14.2 Å². The molecule has 2 heterocycles. The lowest BCUT2D eigenvalue weighted by molar-refractivity contribution is 0.414. The number of hydrogen-bond acceptors (Lipinski definition) is 6. The summed E-state index contributed by atoms with van der Waals surface area (Å²) in [5.74, 6) is 2.02. The Labute approximate surface area is 247 Å². The van der Waals surface area contributed by atoms with Gasteiger partial charge in [-0.2, -0.15) is 0 Å². The number of aromatic nitrogens is 4. The van der Waals surface area contributed by atoms with E-state index in [9.17, 15) is 14.7 Å². The molecular weight excluding hydrogens is 544 g/mol. The second-order valence-corrected chi connectivity index (χ2v) is 10.2. The molecule has 9 nitrogen and oxygen atoms in total. The van der Waals surface area contributed by atoms with Crippen molar-refractivity contribution in [2.45, 2.75) is 19.6 Å². The Morgan fingerprint density at radius 3 is 1.70 bits per heavy atom. The molecule has 0 bridgehead atoms. The van der Waals surface area contributed by atoms with E-state index >= 15 is 0 Å². The van der Waals surface area contributed by atoms with Crippen LogP contribution in [0.5, 0.6) is 17.2 Å². The third-order valence-electron chi connectivity index (χ3n) is 7.42. The molecule has 0 radical (unpaired) electrons. The van der Waals surface area contributed by atoms with Crippen LogP contribution in [0.15, 0.2) is 113 Å². The van der Waals surface area contributed by atoms with Crippen LogP contribution in [0.25, 0.3) is 22.6 Å². The summed E-state index contributed by atoms with van der Waals surface area (Å²) >= 11 is 0. The van der Waals surface area contributed by atoms with Crippen molar-refractivity contribution in [1.82, 2.24) is 18.7 Å². The lowest BCUT2D eigenvalue weighted by Crippen LogP contribution is -2.41. The number of rotatable bonds is 9. The first-order chi connectivity index (χ1) is 20.9. The van der Waals surface area contributed by atoms with Gasteiger partial charge in [0.15, 0.2) is 11.2 Å². The second-order valence-electron chi connectivity index (χ2n) is 10.2. The average molecular weight is 575 g/mol. The monoisotopic (exact) mass is 574 g/mol. The molecule has 0 amide bonds. The van der Waals surface area contributed by atoms with Gasteiger partial charge in [-0.25, -0.2) is 9.78 Å². The molecule has 0 saturated heterocycles. The van der Waals surface area contributed by atoms with E-state index in [0.29, 0.717) is 34.9 Å². The van der Waals surface area contributed by atoms with Crippen molar-refractivity contribution in [3.05, 3.63) is 141 Å². The third kappa shape index (κ3) is 5.52. The Hall–Kier alpha value is -5.57. The molecule has 0 atom stereocenters. The summed E-state index contributed by atoms with van der Waals surface area (Å²) in [4.78, 5) is 33.3. The molecular formula is C34H30N4O5. The molecule has 1 N–H and O–H groups in total. The molecule has 43 heavy (non-hydrogen) atoms. The lowest BCUT2D eigenvalue weighted by atomic mass is 10.2. The third-order valence-corrected chi connectivity index (χ3v) is 7.42. The topological polar surface area (TPSA) is 101 Å². The molecule has 216 valence electrons. The number of benzene rings is 4. The Balaban J connectivity index is 1.61. The Morgan fingerprint density at radius 1 is 0.628 bits per heavy atom. The first-order valence-corrected chi connectivity index (χ1v) is 13.8. The van der Waals surface area contributed by atoms with Gasteiger partial charge in [-0.05, 0) is 65.2 Å². The zero-order valence-corrected chi connectivity index (χ0v) is 23.8. The highest BCUT2D eigenvalue weighted by atomic mass is 16.5. The van der Waals surface area contributed by atoms with E-state index in [4.69, 9.17) is 14.5 Å². The van der Waals surface area contributed by atoms with Crippen LogP contribution in [-0.2, 0) is 19.6 Å². The van der Waals surface area contributed by atoms with Crippen LogP contribution in [0.4, 0.5) is 0 Å². The molecule has 0 unspecified atom stereocenters. The van der Waals surface area contributed by atoms with Gasteiger partial charge >= 0.3 is 5.69 Å². The number of phenols is 1. The number of ether oxygens (including phenoxy) is 2. The van der Waals surface area contributed by atoms with Gasteiger partial charge in [-0.3, -0.25) is 13.9 Å². The first-order valence-electron chi connectivity index (χ1n) is 13.8. The van der Waals surface area contributed by atoms with E-state index in [1.165, 1.54) is 4.57 Å². The predicted molar refractivity (Wildman–Crippen MR) is 165 cm³/mol. The normalized spacial score (nSPS) is 11.1. The number of imidazole rings is 1. The Kier molecular flexibility index (Phi) is 7.53. The first kappa shape index (κ1) is 27.6. The largest absolute Gasteiger partial charge is 0.508 e. The smallest absolute Gasteiger partial charge is 0.333 e. The zero-order valence-electron chi connectivity index (χ0n) is 23.8. The summed E-state index contributed by atoms with van der Waals surface area (Å²) in [5.41, 5.74) is 3.00. The van der Waals surface area contributed by atoms with E-state index < -0.39 is 11.2 Å². The van der Waals surface area contributed by atoms with Gasteiger partial charge in [0.1, 0.15) is 23.1 Å². The average Bonchev–Trinajstić information content (AvgIpc) is 3.41. The van der Waals surface area contributed by atoms with Crippen molar-refractivity contribution in [2.24, 2.45) is 0 Å². The van der Waals surface area contributed by atoms with Crippen LogP contribution in [0, 0.1) is 0 Å². The highest BCUT2D eigenvalue weighted by Crippen LogP contribution is 2.26. The van der Waals surface area contributed by atoms with Gasteiger partial charge in [0, 0.05) is 12.1 Å².